The molecule has 0 unspecified atom stereocenters. The SMILES string of the molecule is O=C(CCC(=O)C1CCCCCCC1)NCC(=O)ON1C(=O)CCC1=O. The maximum absolute atomic E-state index is 12.3. The second-order valence-electron chi connectivity index (χ2n) is 6.83. The fraction of sp³-hybridized carbons (Fsp3) is 0.722. The molecule has 26 heavy (non-hydrogen) atoms. The van der Waals surface area contributed by atoms with Gasteiger partial charge in [-0.1, -0.05) is 32.1 Å². The monoisotopic (exact) mass is 366 g/mol. The minimum atomic E-state index is -0.895. The molecule has 8 heteroatoms. The van der Waals surface area contributed by atoms with Crippen LogP contribution in [0, 0.1) is 5.92 Å². The van der Waals surface area contributed by atoms with Crippen LogP contribution >= 0.6 is 0 Å². The molecule has 0 aromatic carbocycles. The van der Waals surface area contributed by atoms with Gasteiger partial charge in [-0.15, -0.1) is 5.06 Å². The standard InChI is InChI=1S/C18H26N2O6/c21-14(13-6-4-2-1-3-5-7-13)8-9-15(22)19-12-18(25)26-20-16(23)10-11-17(20)24/h13H,1-12H2,(H,19,22). The van der Waals surface area contributed by atoms with Crippen LogP contribution in [-0.4, -0.2) is 41.1 Å². The highest BCUT2D eigenvalue weighted by atomic mass is 16.7. The van der Waals surface area contributed by atoms with Crippen LogP contribution in [0.15, 0.2) is 0 Å². The number of carbonyl (C=O) groups excluding carboxylic acids is 5. The van der Waals surface area contributed by atoms with Crippen molar-refractivity contribution in [2.24, 2.45) is 5.92 Å². The van der Waals surface area contributed by atoms with E-state index in [0.29, 0.717) is 5.06 Å². The molecule has 0 bridgehead atoms. The van der Waals surface area contributed by atoms with E-state index in [1.54, 1.807) is 0 Å². The summed E-state index contributed by atoms with van der Waals surface area (Å²) in [5, 5.41) is 2.79. The van der Waals surface area contributed by atoms with Crippen LogP contribution in [0.5, 0.6) is 0 Å². The van der Waals surface area contributed by atoms with E-state index in [9.17, 15) is 24.0 Å². The Hall–Kier alpha value is -2.25. The lowest BCUT2D eigenvalue weighted by atomic mass is 9.86. The van der Waals surface area contributed by atoms with Gasteiger partial charge in [0.25, 0.3) is 11.8 Å². The van der Waals surface area contributed by atoms with Gasteiger partial charge in [0.15, 0.2) is 0 Å². The molecule has 1 aliphatic carbocycles. The molecule has 1 heterocycles. The Kier molecular flexibility index (Phi) is 7.74. The van der Waals surface area contributed by atoms with Gasteiger partial charge >= 0.3 is 5.97 Å². The summed E-state index contributed by atoms with van der Waals surface area (Å²) in [7, 11) is 0. The molecule has 2 aliphatic rings. The highest BCUT2D eigenvalue weighted by Gasteiger charge is 2.32. The predicted octanol–water partition coefficient (Wildman–Crippen LogP) is 1.42. The van der Waals surface area contributed by atoms with Crippen molar-refractivity contribution < 1.29 is 28.8 Å². The van der Waals surface area contributed by atoms with Crippen LogP contribution in [0.25, 0.3) is 0 Å². The molecule has 1 saturated carbocycles. The molecule has 8 nitrogen and oxygen atoms in total. The van der Waals surface area contributed by atoms with Gasteiger partial charge in [0, 0.05) is 31.6 Å². The van der Waals surface area contributed by atoms with Crippen LogP contribution in [0.3, 0.4) is 0 Å². The van der Waals surface area contributed by atoms with E-state index < -0.39 is 30.2 Å². The van der Waals surface area contributed by atoms with E-state index in [0.717, 1.165) is 38.5 Å². The molecule has 144 valence electrons. The van der Waals surface area contributed by atoms with Crippen molar-refractivity contribution in [3.05, 3.63) is 0 Å². The third-order valence-electron chi connectivity index (χ3n) is 4.79. The van der Waals surface area contributed by atoms with E-state index in [2.05, 4.69) is 10.2 Å². The molecule has 0 radical (unpaired) electrons. The number of hydroxylamine groups is 2. The molecule has 1 aliphatic heterocycles. The van der Waals surface area contributed by atoms with E-state index in [1.807, 2.05) is 0 Å². The topological polar surface area (TPSA) is 110 Å². The van der Waals surface area contributed by atoms with Crippen molar-refractivity contribution in [2.75, 3.05) is 6.54 Å². The molecule has 0 aromatic rings. The van der Waals surface area contributed by atoms with Crippen LogP contribution in [0.1, 0.15) is 70.6 Å². The number of nitrogens with zero attached hydrogens (tertiary/aromatic N) is 1. The van der Waals surface area contributed by atoms with Crippen LogP contribution in [0.4, 0.5) is 0 Å². The first-order chi connectivity index (χ1) is 12.5. The van der Waals surface area contributed by atoms with Gasteiger partial charge in [-0.05, 0) is 12.8 Å². The highest BCUT2D eigenvalue weighted by molar-refractivity contribution is 6.01. The van der Waals surface area contributed by atoms with Gasteiger partial charge < -0.3 is 10.2 Å². The smallest absolute Gasteiger partial charge is 0.345 e. The van der Waals surface area contributed by atoms with Crippen molar-refractivity contribution in [3.8, 4) is 0 Å². The predicted molar refractivity (Wildman–Crippen MR) is 90.2 cm³/mol. The summed E-state index contributed by atoms with van der Waals surface area (Å²) in [6.07, 6.45) is 7.67. The molecule has 1 N–H and O–H groups in total. The van der Waals surface area contributed by atoms with Gasteiger partial charge in [-0.3, -0.25) is 19.2 Å². The Morgan fingerprint density at radius 1 is 0.923 bits per heavy atom. The normalized spacial score (nSPS) is 19.0. The Balaban J connectivity index is 1.64. The van der Waals surface area contributed by atoms with Gasteiger partial charge in [-0.2, -0.15) is 0 Å². The Labute approximate surface area is 152 Å². The molecule has 0 spiro atoms. The summed E-state index contributed by atoms with van der Waals surface area (Å²) in [6.45, 7) is -0.451. The Bertz CT molecular complexity index is 550. The summed E-state index contributed by atoms with van der Waals surface area (Å²) >= 11 is 0. The fourth-order valence-corrected chi connectivity index (χ4v) is 3.27. The Morgan fingerprint density at radius 3 is 2.12 bits per heavy atom. The number of imide groups is 1. The number of hydrogen-bond donors (Lipinski definition) is 1. The summed E-state index contributed by atoms with van der Waals surface area (Å²) in [6, 6.07) is 0. The lowest BCUT2D eigenvalue weighted by Gasteiger charge is -2.18. The fourth-order valence-electron chi connectivity index (χ4n) is 3.27. The number of hydrogen-bond acceptors (Lipinski definition) is 6. The van der Waals surface area contributed by atoms with E-state index in [1.165, 1.54) is 6.42 Å². The molecule has 1 saturated heterocycles. The minimum absolute atomic E-state index is 0.0156. The number of rotatable bonds is 7. The maximum atomic E-state index is 12.3. The zero-order chi connectivity index (χ0) is 18.9. The lowest BCUT2D eigenvalue weighted by Crippen LogP contribution is -2.37. The van der Waals surface area contributed by atoms with Crippen LogP contribution in [0.2, 0.25) is 0 Å². The number of Topliss-reactive ketones (excluding diaryl/α,β-unsaturated/α-hetero) is 1. The van der Waals surface area contributed by atoms with E-state index in [-0.39, 0.29) is 37.4 Å². The van der Waals surface area contributed by atoms with Gasteiger partial charge in [0.2, 0.25) is 5.91 Å². The first-order valence-electron chi connectivity index (χ1n) is 9.33. The third-order valence-corrected chi connectivity index (χ3v) is 4.79. The van der Waals surface area contributed by atoms with Crippen molar-refractivity contribution in [2.45, 2.75) is 70.6 Å². The maximum Gasteiger partial charge on any atom is 0.352 e. The summed E-state index contributed by atoms with van der Waals surface area (Å²) in [4.78, 5) is 63.0. The second kappa shape index (κ2) is 10.0. The summed E-state index contributed by atoms with van der Waals surface area (Å²) in [5.41, 5.74) is 0. The van der Waals surface area contributed by atoms with Gasteiger partial charge in [0.05, 0.1) is 0 Å². The van der Waals surface area contributed by atoms with Crippen LogP contribution < -0.4 is 5.32 Å². The van der Waals surface area contributed by atoms with E-state index in [4.69, 9.17) is 0 Å². The first kappa shape index (κ1) is 20.1. The van der Waals surface area contributed by atoms with Gasteiger partial charge in [-0.25, -0.2) is 4.79 Å². The van der Waals surface area contributed by atoms with Gasteiger partial charge in [0.1, 0.15) is 12.3 Å². The van der Waals surface area contributed by atoms with Crippen molar-refractivity contribution in [3.63, 3.8) is 0 Å². The van der Waals surface area contributed by atoms with Crippen molar-refractivity contribution in [1.29, 1.82) is 0 Å². The van der Waals surface area contributed by atoms with E-state index >= 15 is 0 Å². The minimum Gasteiger partial charge on any atom is -0.345 e. The second-order valence-corrected chi connectivity index (χ2v) is 6.83. The average molecular weight is 366 g/mol. The summed E-state index contributed by atoms with van der Waals surface area (Å²) in [5.74, 6) is -2.31. The molecular weight excluding hydrogens is 340 g/mol. The van der Waals surface area contributed by atoms with Crippen LogP contribution in [-0.2, 0) is 28.8 Å². The molecular formula is C18H26N2O6. The number of amides is 3. The summed E-state index contributed by atoms with van der Waals surface area (Å²) < 4.78 is 0. The Morgan fingerprint density at radius 2 is 1.50 bits per heavy atom. The molecule has 2 fully saturated rings. The molecule has 2 rings (SSSR count). The largest absolute Gasteiger partial charge is 0.352 e. The van der Waals surface area contributed by atoms with Crippen molar-refractivity contribution in [1.82, 2.24) is 10.4 Å². The lowest BCUT2D eigenvalue weighted by molar-refractivity contribution is -0.196. The average Bonchev–Trinajstić information content (AvgIpc) is 2.89. The number of carbonyl (C=O) groups is 5. The molecule has 0 atom stereocenters. The molecule has 3 amide bonds. The molecule has 0 aromatic heterocycles. The highest BCUT2D eigenvalue weighted by Crippen LogP contribution is 2.24. The number of nitrogens with one attached hydrogen (secondary N) is 1. The zero-order valence-corrected chi connectivity index (χ0v) is 15.0. The zero-order valence-electron chi connectivity index (χ0n) is 15.0. The van der Waals surface area contributed by atoms with Crippen molar-refractivity contribution >= 4 is 29.5 Å². The third kappa shape index (κ3) is 6.24. The first-order valence-corrected chi connectivity index (χ1v) is 9.33. The quantitative estimate of drug-likeness (QED) is 0.682. The number of ketones is 1.